The molecule has 3 nitrogen and oxygen atoms in total. The summed E-state index contributed by atoms with van der Waals surface area (Å²) in [6.07, 6.45) is 0. The summed E-state index contributed by atoms with van der Waals surface area (Å²) in [6.45, 7) is 0. The van der Waals surface area contributed by atoms with Gasteiger partial charge in [-0.3, -0.25) is 4.79 Å². The molecule has 2 atom stereocenters. The number of rotatable bonds is 2. The maximum absolute atomic E-state index is 12.0. The molecule has 2 aromatic rings. The minimum absolute atomic E-state index is 0.0730. The molecule has 0 spiro atoms. The second-order valence-corrected chi connectivity index (χ2v) is 4.94. The van der Waals surface area contributed by atoms with Crippen molar-refractivity contribution in [3.8, 4) is 0 Å². The predicted octanol–water partition coefficient (Wildman–Crippen LogP) is 2.76. The van der Waals surface area contributed by atoms with Gasteiger partial charge in [-0.1, -0.05) is 48.0 Å². The Morgan fingerprint density at radius 3 is 2.32 bits per heavy atom. The van der Waals surface area contributed by atoms with Crippen molar-refractivity contribution >= 4 is 23.2 Å². The summed E-state index contributed by atoms with van der Waals surface area (Å²) in [7, 11) is 0. The van der Waals surface area contributed by atoms with Crippen molar-refractivity contribution in [3.63, 3.8) is 0 Å². The number of nitrogens with two attached hydrogens (primary N) is 1. The van der Waals surface area contributed by atoms with Crippen molar-refractivity contribution in [2.75, 3.05) is 4.90 Å². The number of nitrogens with zero attached hydrogens (tertiary/aromatic N) is 1. The number of hydrogen-bond donors (Lipinski definition) is 1. The highest BCUT2D eigenvalue weighted by molar-refractivity contribution is 6.31. The van der Waals surface area contributed by atoms with Crippen LogP contribution in [0.2, 0.25) is 5.02 Å². The van der Waals surface area contributed by atoms with Crippen molar-refractivity contribution in [2.24, 2.45) is 5.73 Å². The number of hydrogen-bond acceptors (Lipinski definition) is 2. The number of anilines is 1. The number of carbonyl (C=O) groups is 1. The highest BCUT2D eigenvalue weighted by Crippen LogP contribution is 2.40. The zero-order valence-electron chi connectivity index (χ0n) is 10.2. The molecule has 1 saturated heterocycles. The minimum atomic E-state index is -0.528. The van der Waals surface area contributed by atoms with E-state index < -0.39 is 6.04 Å². The standard InChI is InChI=1S/C15H13ClN2O/c16-12-9-5-4-8-11(12)14-13(17)15(19)18(14)10-6-2-1-3-7-10/h1-9,13-14H,17H2/t13-,14-/m0/s1. The van der Waals surface area contributed by atoms with Crippen LogP contribution in [0.15, 0.2) is 54.6 Å². The fourth-order valence-corrected chi connectivity index (χ4v) is 2.68. The summed E-state index contributed by atoms with van der Waals surface area (Å²) in [5, 5.41) is 0.636. The highest BCUT2D eigenvalue weighted by atomic mass is 35.5. The van der Waals surface area contributed by atoms with Crippen LogP contribution in [0.5, 0.6) is 0 Å². The smallest absolute Gasteiger partial charge is 0.247 e. The van der Waals surface area contributed by atoms with Crippen LogP contribution in [0.4, 0.5) is 5.69 Å². The van der Waals surface area contributed by atoms with Gasteiger partial charge >= 0.3 is 0 Å². The van der Waals surface area contributed by atoms with E-state index in [0.29, 0.717) is 5.02 Å². The molecule has 0 unspecified atom stereocenters. The summed E-state index contributed by atoms with van der Waals surface area (Å²) >= 11 is 6.20. The lowest BCUT2D eigenvalue weighted by Gasteiger charge is -2.45. The van der Waals surface area contributed by atoms with E-state index in [4.69, 9.17) is 17.3 Å². The van der Waals surface area contributed by atoms with E-state index in [-0.39, 0.29) is 11.9 Å². The van der Waals surface area contributed by atoms with Gasteiger partial charge in [0.1, 0.15) is 6.04 Å². The van der Waals surface area contributed by atoms with E-state index in [1.807, 2.05) is 54.6 Å². The van der Waals surface area contributed by atoms with Crippen LogP contribution in [0.25, 0.3) is 0 Å². The largest absolute Gasteiger partial charge is 0.318 e. The van der Waals surface area contributed by atoms with Crippen LogP contribution in [0.3, 0.4) is 0 Å². The van der Waals surface area contributed by atoms with Crippen LogP contribution < -0.4 is 10.6 Å². The Labute approximate surface area is 116 Å². The van der Waals surface area contributed by atoms with E-state index in [1.165, 1.54) is 0 Å². The average Bonchev–Trinajstić information content (AvgIpc) is 2.46. The van der Waals surface area contributed by atoms with Gasteiger partial charge in [0.05, 0.1) is 6.04 Å². The molecule has 1 heterocycles. The van der Waals surface area contributed by atoms with Crippen molar-refractivity contribution in [1.82, 2.24) is 0 Å². The number of para-hydroxylation sites is 1. The zero-order valence-corrected chi connectivity index (χ0v) is 10.9. The van der Waals surface area contributed by atoms with Crippen molar-refractivity contribution in [2.45, 2.75) is 12.1 Å². The van der Waals surface area contributed by atoms with Crippen LogP contribution in [-0.4, -0.2) is 11.9 Å². The molecule has 19 heavy (non-hydrogen) atoms. The summed E-state index contributed by atoms with van der Waals surface area (Å²) in [5.41, 5.74) is 7.68. The van der Waals surface area contributed by atoms with Crippen molar-refractivity contribution in [3.05, 3.63) is 65.2 Å². The average molecular weight is 273 g/mol. The number of carbonyl (C=O) groups excluding carboxylic acids is 1. The van der Waals surface area contributed by atoms with Crippen LogP contribution >= 0.6 is 11.6 Å². The lowest BCUT2D eigenvalue weighted by molar-refractivity contribution is -0.126. The fourth-order valence-electron chi connectivity index (χ4n) is 2.44. The molecule has 2 N–H and O–H groups in total. The van der Waals surface area contributed by atoms with Gasteiger partial charge in [0.2, 0.25) is 5.91 Å². The van der Waals surface area contributed by atoms with Gasteiger partial charge in [0.15, 0.2) is 0 Å². The molecule has 2 aromatic carbocycles. The first-order valence-electron chi connectivity index (χ1n) is 6.08. The predicted molar refractivity (Wildman–Crippen MR) is 76.1 cm³/mol. The van der Waals surface area contributed by atoms with Crippen LogP contribution in [0.1, 0.15) is 11.6 Å². The second kappa shape index (κ2) is 4.68. The van der Waals surface area contributed by atoms with Gasteiger partial charge in [-0.25, -0.2) is 0 Å². The van der Waals surface area contributed by atoms with Crippen LogP contribution in [-0.2, 0) is 4.79 Å². The van der Waals surface area contributed by atoms with Gasteiger partial charge in [-0.2, -0.15) is 0 Å². The lowest BCUT2D eigenvalue weighted by atomic mass is 9.88. The Bertz CT molecular complexity index is 615. The fraction of sp³-hybridized carbons (Fsp3) is 0.133. The minimum Gasteiger partial charge on any atom is -0.318 e. The maximum Gasteiger partial charge on any atom is 0.247 e. The molecule has 1 fully saturated rings. The van der Waals surface area contributed by atoms with Gasteiger partial charge in [-0.15, -0.1) is 0 Å². The summed E-state index contributed by atoms with van der Waals surface area (Å²) in [4.78, 5) is 13.7. The van der Waals surface area contributed by atoms with Crippen molar-refractivity contribution in [1.29, 1.82) is 0 Å². The molecule has 0 bridgehead atoms. The molecule has 3 rings (SSSR count). The molecule has 96 valence electrons. The van der Waals surface area contributed by atoms with Gasteiger partial charge < -0.3 is 10.6 Å². The number of halogens is 1. The third kappa shape index (κ3) is 1.91. The lowest BCUT2D eigenvalue weighted by Crippen LogP contribution is -2.63. The maximum atomic E-state index is 12.0. The summed E-state index contributed by atoms with van der Waals surface area (Å²) < 4.78 is 0. The molecule has 0 aromatic heterocycles. The number of benzene rings is 2. The Hall–Kier alpha value is -1.84. The van der Waals surface area contributed by atoms with E-state index >= 15 is 0 Å². The molecule has 1 amide bonds. The molecule has 1 aliphatic heterocycles. The summed E-state index contributed by atoms with van der Waals surface area (Å²) in [5.74, 6) is -0.0730. The van der Waals surface area contributed by atoms with E-state index in [2.05, 4.69) is 0 Å². The first-order valence-corrected chi connectivity index (χ1v) is 6.46. The zero-order chi connectivity index (χ0) is 13.4. The van der Waals surface area contributed by atoms with E-state index in [9.17, 15) is 4.79 Å². The van der Waals surface area contributed by atoms with Gasteiger partial charge in [-0.05, 0) is 23.8 Å². The third-order valence-electron chi connectivity index (χ3n) is 3.40. The normalized spacial score (nSPS) is 22.2. The first-order chi connectivity index (χ1) is 9.20. The van der Waals surface area contributed by atoms with Crippen LogP contribution in [0, 0.1) is 0 Å². The molecular formula is C15H13ClN2O. The Morgan fingerprint density at radius 2 is 1.63 bits per heavy atom. The molecule has 0 saturated carbocycles. The highest BCUT2D eigenvalue weighted by Gasteiger charge is 2.47. The molecular weight excluding hydrogens is 260 g/mol. The molecule has 0 radical (unpaired) electrons. The quantitative estimate of drug-likeness (QED) is 0.855. The third-order valence-corrected chi connectivity index (χ3v) is 3.74. The van der Waals surface area contributed by atoms with Gasteiger partial charge in [0, 0.05) is 10.7 Å². The molecule has 0 aliphatic carbocycles. The number of β-lactam (4-membered cyclic amide) rings is 1. The second-order valence-electron chi connectivity index (χ2n) is 4.54. The van der Waals surface area contributed by atoms with Crippen molar-refractivity contribution < 1.29 is 4.79 Å². The Kier molecular flexibility index (Phi) is 3.01. The Balaban J connectivity index is 2.01. The first kappa shape index (κ1) is 12.2. The summed E-state index contributed by atoms with van der Waals surface area (Å²) in [6, 6.07) is 16.3. The van der Waals surface area contributed by atoms with Gasteiger partial charge in [0.25, 0.3) is 0 Å². The number of amides is 1. The SMILES string of the molecule is N[C@@H]1C(=O)N(c2ccccc2)[C@H]1c1ccccc1Cl. The topological polar surface area (TPSA) is 46.3 Å². The Morgan fingerprint density at radius 1 is 1.00 bits per heavy atom. The monoisotopic (exact) mass is 272 g/mol. The molecule has 4 heteroatoms. The van der Waals surface area contributed by atoms with E-state index in [0.717, 1.165) is 11.3 Å². The molecule has 1 aliphatic rings. The van der Waals surface area contributed by atoms with E-state index in [1.54, 1.807) is 4.90 Å².